The normalized spacial score (nSPS) is 19.6. The van der Waals surface area contributed by atoms with E-state index in [2.05, 4.69) is 14.9 Å². The summed E-state index contributed by atoms with van der Waals surface area (Å²) in [5.74, 6) is 0.844. The Bertz CT molecular complexity index is 1260. The van der Waals surface area contributed by atoms with Crippen molar-refractivity contribution < 1.29 is 18.0 Å². The predicted molar refractivity (Wildman–Crippen MR) is 127 cm³/mol. The fraction of sp³-hybridized carbons (Fsp3) is 0.385. The molecule has 1 aromatic carbocycles. The highest BCUT2D eigenvalue weighted by Gasteiger charge is 2.46. The maximum atomic E-state index is 13.1. The van der Waals surface area contributed by atoms with Crippen molar-refractivity contribution in [2.45, 2.75) is 45.5 Å². The van der Waals surface area contributed by atoms with Gasteiger partial charge in [0, 0.05) is 42.5 Å². The first-order chi connectivity index (χ1) is 16.6. The lowest BCUT2D eigenvalue weighted by Gasteiger charge is -2.35. The molecule has 2 aromatic heterocycles. The number of piperazine rings is 1. The second-order valence-corrected chi connectivity index (χ2v) is 9.53. The maximum Gasteiger partial charge on any atom is 0.416 e. The van der Waals surface area contributed by atoms with Gasteiger partial charge in [-0.05, 0) is 37.1 Å². The number of nitrogens with zero attached hydrogens (tertiary/aromatic N) is 5. The molecule has 0 radical (unpaired) electrons. The Kier molecular flexibility index (Phi) is 5.73. The molecule has 0 saturated carbocycles. The van der Waals surface area contributed by atoms with Crippen molar-refractivity contribution in [3.8, 4) is 22.5 Å². The summed E-state index contributed by atoms with van der Waals surface area (Å²) in [6, 6.07) is 7.15. The van der Waals surface area contributed by atoms with Crippen molar-refractivity contribution in [1.82, 2.24) is 19.9 Å². The SMILES string of the molecule is Cc1cnccc1-c1nc(N2C[C@@H]3C[C@H]2CN3C(=O)C(C)C)cnc1-c1ccc(C(F)(F)F)cc1. The van der Waals surface area contributed by atoms with Gasteiger partial charge in [0.15, 0.2) is 0 Å². The third kappa shape index (κ3) is 4.24. The lowest BCUT2D eigenvalue weighted by Crippen LogP contribution is -2.50. The molecule has 2 aliphatic heterocycles. The average Bonchev–Trinajstić information content (AvgIpc) is 3.44. The quantitative estimate of drug-likeness (QED) is 0.526. The lowest BCUT2D eigenvalue weighted by molar-refractivity contribution is -0.137. The van der Waals surface area contributed by atoms with Crippen LogP contribution >= 0.6 is 0 Å². The monoisotopic (exact) mass is 481 g/mol. The first kappa shape index (κ1) is 23.3. The Morgan fingerprint density at radius 2 is 1.77 bits per heavy atom. The highest BCUT2D eigenvalue weighted by atomic mass is 19.4. The Morgan fingerprint density at radius 1 is 1.03 bits per heavy atom. The van der Waals surface area contributed by atoms with Gasteiger partial charge in [0.1, 0.15) is 5.82 Å². The van der Waals surface area contributed by atoms with E-state index in [1.165, 1.54) is 12.1 Å². The molecule has 5 rings (SSSR count). The Hall–Kier alpha value is -3.49. The van der Waals surface area contributed by atoms with E-state index in [0.29, 0.717) is 35.9 Å². The summed E-state index contributed by atoms with van der Waals surface area (Å²) >= 11 is 0. The van der Waals surface area contributed by atoms with Crippen LogP contribution in [0.4, 0.5) is 19.0 Å². The number of benzene rings is 1. The van der Waals surface area contributed by atoms with Crippen LogP contribution in [-0.4, -0.2) is 50.9 Å². The van der Waals surface area contributed by atoms with Gasteiger partial charge in [-0.1, -0.05) is 26.0 Å². The fourth-order valence-corrected chi connectivity index (χ4v) is 5.02. The van der Waals surface area contributed by atoms with Crippen LogP contribution < -0.4 is 4.90 Å². The molecule has 9 heteroatoms. The summed E-state index contributed by atoms with van der Waals surface area (Å²) in [6.45, 7) is 7.10. The molecule has 0 spiro atoms. The number of aromatic nitrogens is 3. The van der Waals surface area contributed by atoms with E-state index < -0.39 is 11.7 Å². The van der Waals surface area contributed by atoms with Crippen LogP contribution in [0, 0.1) is 12.8 Å². The highest BCUT2D eigenvalue weighted by Crippen LogP contribution is 2.38. The molecule has 0 aliphatic carbocycles. The summed E-state index contributed by atoms with van der Waals surface area (Å²) in [7, 11) is 0. The van der Waals surface area contributed by atoms with E-state index in [0.717, 1.165) is 29.7 Å². The topological polar surface area (TPSA) is 62.2 Å². The van der Waals surface area contributed by atoms with E-state index in [9.17, 15) is 18.0 Å². The summed E-state index contributed by atoms with van der Waals surface area (Å²) in [5.41, 5.74) is 2.67. The zero-order chi connectivity index (χ0) is 24.9. The second kappa shape index (κ2) is 8.62. The number of carbonyl (C=O) groups excluding carboxylic acids is 1. The van der Waals surface area contributed by atoms with Crippen LogP contribution in [-0.2, 0) is 11.0 Å². The summed E-state index contributed by atoms with van der Waals surface area (Å²) < 4.78 is 39.2. The number of hydrogen-bond acceptors (Lipinski definition) is 5. The largest absolute Gasteiger partial charge is 0.416 e. The molecule has 182 valence electrons. The molecule has 2 aliphatic rings. The van der Waals surface area contributed by atoms with Gasteiger partial charge in [-0.3, -0.25) is 14.8 Å². The predicted octanol–water partition coefficient (Wildman–Crippen LogP) is 4.98. The number of hydrogen-bond donors (Lipinski definition) is 0. The molecule has 0 unspecified atom stereocenters. The molecule has 1 amide bonds. The van der Waals surface area contributed by atoms with Gasteiger partial charge in [0.2, 0.25) is 5.91 Å². The fourth-order valence-electron chi connectivity index (χ4n) is 5.02. The van der Waals surface area contributed by atoms with Crippen LogP contribution in [0.1, 0.15) is 31.4 Å². The van der Waals surface area contributed by atoms with E-state index in [1.807, 2.05) is 31.7 Å². The first-order valence-corrected chi connectivity index (χ1v) is 11.7. The number of halogens is 3. The number of carbonyl (C=O) groups is 1. The molecule has 2 atom stereocenters. The van der Waals surface area contributed by atoms with Crippen molar-refractivity contribution in [3.05, 3.63) is 60.0 Å². The Morgan fingerprint density at radius 3 is 2.37 bits per heavy atom. The number of likely N-dealkylation sites (tertiary alicyclic amines) is 1. The van der Waals surface area contributed by atoms with E-state index in [1.54, 1.807) is 18.6 Å². The maximum absolute atomic E-state index is 13.1. The van der Waals surface area contributed by atoms with Gasteiger partial charge in [-0.15, -0.1) is 0 Å². The number of aryl methyl sites for hydroxylation is 1. The van der Waals surface area contributed by atoms with E-state index in [-0.39, 0.29) is 23.9 Å². The van der Waals surface area contributed by atoms with Crippen molar-refractivity contribution >= 4 is 11.7 Å². The minimum atomic E-state index is -4.40. The summed E-state index contributed by atoms with van der Waals surface area (Å²) in [4.78, 5) is 30.5. The number of rotatable bonds is 4. The van der Waals surface area contributed by atoms with E-state index >= 15 is 0 Å². The van der Waals surface area contributed by atoms with Gasteiger partial charge in [0.25, 0.3) is 0 Å². The van der Waals surface area contributed by atoms with Gasteiger partial charge in [-0.25, -0.2) is 4.98 Å². The third-order valence-electron chi connectivity index (χ3n) is 6.83. The molecular weight excluding hydrogens is 455 g/mol. The standard InChI is InChI=1S/C26H26F3N5O/c1-15(2)25(35)34-14-19-10-20(34)13-33(19)22-12-31-23(17-4-6-18(7-5-17)26(27,28)29)24(32-22)21-8-9-30-11-16(21)3/h4-9,11-12,15,19-20H,10,13-14H2,1-3H3/t19-,20-/m0/s1. The number of fused-ring (bicyclic) bond motifs is 2. The van der Waals surface area contributed by atoms with E-state index in [4.69, 9.17) is 4.98 Å². The van der Waals surface area contributed by atoms with Crippen LogP contribution in [0.15, 0.2) is 48.9 Å². The van der Waals surface area contributed by atoms with Gasteiger partial charge < -0.3 is 9.80 Å². The van der Waals surface area contributed by atoms with Crippen LogP contribution in [0.5, 0.6) is 0 Å². The molecule has 3 aromatic rings. The highest BCUT2D eigenvalue weighted by molar-refractivity contribution is 5.81. The molecule has 35 heavy (non-hydrogen) atoms. The Balaban J connectivity index is 1.52. The summed E-state index contributed by atoms with van der Waals surface area (Å²) in [5, 5.41) is 0. The molecule has 2 fully saturated rings. The smallest absolute Gasteiger partial charge is 0.348 e. The number of anilines is 1. The molecule has 0 N–H and O–H groups in total. The third-order valence-corrected chi connectivity index (χ3v) is 6.83. The molecular formula is C26H26F3N5O. The average molecular weight is 482 g/mol. The van der Waals surface area contributed by atoms with Crippen molar-refractivity contribution in [2.24, 2.45) is 5.92 Å². The minimum absolute atomic E-state index is 0.0353. The number of alkyl halides is 3. The minimum Gasteiger partial charge on any atom is -0.348 e. The molecule has 2 saturated heterocycles. The molecule has 2 bridgehead atoms. The van der Waals surface area contributed by atoms with Crippen molar-refractivity contribution in [2.75, 3.05) is 18.0 Å². The van der Waals surface area contributed by atoms with Crippen LogP contribution in [0.25, 0.3) is 22.5 Å². The first-order valence-electron chi connectivity index (χ1n) is 11.7. The Labute approximate surface area is 201 Å². The van der Waals surface area contributed by atoms with Crippen LogP contribution in [0.3, 0.4) is 0 Å². The van der Waals surface area contributed by atoms with Gasteiger partial charge in [0.05, 0.1) is 35.2 Å². The van der Waals surface area contributed by atoms with Crippen molar-refractivity contribution in [3.63, 3.8) is 0 Å². The molecule has 6 nitrogen and oxygen atoms in total. The van der Waals surface area contributed by atoms with Crippen molar-refractivity contribution in [1.29, 1.82) is 0 Å². The zero-order valence-electron chi connectivity index (χ0n) is 19.8. The van der Waals surface area contributed by atoms with Gasteiger partial charge in [-0.2, -0.15) is 13.2 Å². The zero-order valence-corrected chi connectivity index (χ0v) is 19.8. The lowest BCUT2D eigenvalue weighted by atomic mass is 10.0. The number of pyridine rings is 1. The van der Waals surface area contributed by atoms with Gasteiger partial charge >= 0.3 is 6.18 Å². The number of amides is 1. The summed E-state index contributed by atoms with van der Waals surface area (Å²) in [6.07, 6.45) is 1.57. The van der Waals surface area contributed by atoms with Crippen LogP contribution in [0.2, 0.25) is 0 Å². The second-order valence-electron chi connectivity index (χ2n) is 9.53. The molecule has 4 heterocycles.